The summed E-state index contributed by atoms with van der Waals surface area (Å²) in [4.78, 5) is 187. The number of carboxylic acid groups (broad SMARTS) is 6. The number of anilines is 2. The molecule has 6 rings (SSSR count). The summed E-state index contributed by atoms with van der Waals surface area (Å²) in [6.07, 6.45) is 7.50. The number of nitrogens with zero attached hydrogens (tertiary/aromatic N) is 7. The number of hydrogen-bond donors (Lipinski definition) is 14. The van der Waals surface area contributed by atoms with Gasteiger partial charge in [-0.05, 0) is 149 Å². The van der Waals surface area contributed by atoms with Gasteiger partial charge in [0.15, 0.2) is 5.78 Å². The van der Waals surface area contributed by atoms with Crippen LogP contribution in [0, 0.1) is 29.6 Å². The van der Waals surface area contributed by atoms with Gasteiger partial charge >= 0.3 is 35.8 Å². The quantitative estimate of drug-likeness (QED) is 0.0249. The predicted octanol–water partition coefficient (Wildman–Crippen LogP) is -2.12. The highest BCUT2D eigenvalue weighted by Crippen LogP contribution is 2.59. The number of carboxylic acids is 6. The van der Waals surface area contributed by atoms with E-state index in [0.717, 1.165) is 44.2 Å². The first-order valence-corrected chi connectivity index (χ1v) is 34.6. The molecule has 3 fully saturated rings. The maximum atomic E-state index is 14.3. The minimum absolute atomic E-state index is 0.0145. The summed E-state index contributed by atoms with van der Waals surface area (Å²) in [6, 6.07) is 9.03. The van der Waals surface area contributed by atoms with Crippen molar-refractivity contribution < 1.29 is 108 Å². The van der Waals surface area contributed by atoms with E-state index in [9.17, 15) is 103 Å². The normalized spacial score (nSPS) is 20.2. The van der Waals surface area contributed by atoms with Crippen molar-refractivity contribution in [3.63, 3.8) is 0 Å². The van der Waals surface area contributed by atoms with Crippen molar-refractivity contribution in [1.29, 1.82) is 0 Å². The molecule has 0 radical (unpaired) electrons. The summed E-state index contributed by atoms with van der Waals surface area (Å²) >= 11 is 0. The van der Waals surface area contributed by atoms with E-state index in [4.69, 9.17) is 27.8 Å². The molecule has 0 bridgehead atoms. The van der Waals surface area contributed by atoms with Crippen molar-refractivity contribution in [2.45, 2.75) is 114 Å². The van der Waals surface area contributed by atoms with E-state index in [1.807, 2.05) is 0 Å². The smallest absolute Gasteiger partial charge is 0.317 e. The zero-order chi connectivity index (χ0) is 77.2. The van der Waals surface area contributed by atoms with Gasteiger partial charge in [-0.15, -0.1) is 0 Å². The Kier molecular flexibility index (Phi) is 32.4. The summed E-state index contributed by atoms with van der Waals surface area (Å²) in [5, 5.41) is 82.1. The van der Waals surface area contributed by atoms with E-state index in [2.05, 4.69) is 27.2 Å². The van der Waals surface area contributed by atoms with Crippen molar-refractivity contribution in [2.24, 2.45) is 57.7 Å². The van der Waals surface area contributed by atoms with Gasteiger partial charge in [0.05, 0.1) is 77.6 Å². The number of amides is 7. The van der Waals surface area contributed by atoms with Gasteiger partial charge in [0.25, 0.3) is 0 Å². The zero-order valence-corrected chi connectivity index (χ0v) is 58.7. The van der Waals surface area contributed by atoms with E-state index >= 15 is 0 Å². The number of benzene rings is 2. The summed E-state index contributed by atoms with van der Waals surface area (Å²) in [5.41, 5.74) is 23.9. The minimum atomic E-state index is -1.37. The van der Waals surface area contributed by atoms with Crippen LogP contribution in [0.5, 0.6) is 0 Å². The highest BCUT2D eigenvalue weighted by atomic mass is 16.6. The van der Waals surface area contributed by atoms with Gasteiger partial charge < -0.3 is 79.5 Å². The third-order valence-corrected chi connectivity index (χ3v) is 19.7. The van der Waals surface area contributed by atoms with E-state index in [-0.39, 0.29) is 101 Å². The maximum Gasteiger partial charge on any atom is 0.317 e. The Labute approximate surface area is 605 Å². The number of ketones is 1. The number of oxime groups is 1. The standard InChI is InChI=1S/C69H98N14O22/c1-41(84)69(104)20-18-53-52-12-6-44-28-47(11-13-50(44)51(52)14-15-54(53)69)77-105-25-19-61(90)76-55(68(103)75-46-9-4-43(5-10-46)27-49(83(34-59(73)88)40-67(101)102)30-79(36-63(93)94)22-24-81(32-57(71)86)38-65(97)98)16-17-60(89)74-45-7-2-42(3-8-45)26-48(82(33-58(72)87)39-66(99)100)29-78(35-62(91)92)21-23-80(31-56(70)85)37-64(95)96/h2-5,7-10,28,48-55,104H,6,11-27,29-40H2,1H3,(H2,70,85)(H2,71,86)(H2,72,87)(H2,73,88)(H,74,89)(H,75,103)(H,76,90)(H,91,92)(H,93,94)(H,95,96)(H,97,98)(H,99,100)(H,101,102)/b77-47-. The number of nitrogens with two attached hydrogens (primary N) is 4. The van der Waals surface area contributed by atoms with E-state index < -0.39 is 166 Å². The molecule has 105 heavy (non-hydrogen) atoms. The van der Waals surface area contributed by atoms with Gasteiger partial charge in [-0.3, -0.25) is 96.5 Å². The molecule has 2 aromatic carbocycles. The molecule has 4 aliphatic rings. The summed E-state index contributed by atoms with van der Waals surface area (Å²) in [7, 11) is 0. The lowest BCUT2D eigenvalue weighted by Crippen LogP contribution is -2.52. The highest BCUT2D eigenvalue weighted by Gasteiger charge is 2.57. The number of allylic oxidation sites excluding steroid dienone is 2. The minimum Gasteiger partial charge on any atom is -0.480 e. The van der Waals surface area contributed by atoms with Crippen LogP contribution < -0.4 is 38.9 Å². The van der Waals surface area contributed by atoms with Gasteiger partial charge in [0, 0.05) is 69.1 Å². The van der Waals surface area contributed by atoms with Crippen LogP contribution >= 0.6 is 0 Å². The number of aliphatic carboxylic acids is 6. The van der Waals surface area contributed by atoms with Crippen molar-refractivity contribution in [3.8, 4) is 0 Å². The van der Waals surface area contributed by atoms with Gasteiger partial charge in [0.2, 0.25) is 41.4 Å². The summed E-state index contributed by atoms with van der Waals surface area (Å²) in [6.45, 7) is -5.63. The molecule has 7 amide bonds. The number of hydrogen-bond acceptors (Lipinski definition) is 23. The largest absolute Gasteiger partial charge is 0.480 e. The average molecular weight is 1480 g/mol. The second-order valence-corrected chi connectivity index (χ2v) is 27.5. The molecule has 4 aliphatic carbocycles. The highest BCUT2D eigenvalue weighted by molar-refractivity contribution is 5.98. The first kappa shape index (κ1) is 84.1. The molecule has 9 unspecified atom stereocenters. The van der Waals surface area contributed by atoms with Crippen LogP contribution in [0.15, 0.2) is 65.3 Å². The lowest BCUT2D eigenvalue weighted by atomic mass is 9.55. The molecular formula is C69H98N14O22. The summed E-state index contributed by atoms with van der Waals surface area (Å²) in [5.74, 6) is -12.0. The fourth-order valence-electron chi connectivity index (χ4n) is 15.2. The molecule has 0 spiro atoms. The fourth-order valence-corrected chi connectivity index (χ4v) is 15.2. The lowest BCUT2D eigenvalue weighted by molar-refractivity contribution is -0.143. The lowest BCUT2D eigenvalue weighted by Gasteiger charge is -2.50. The second kappa shape index (κ2) is 40.4. The molecule has 36 heteroatoms. The molecule has 2 aromatic rings. The maximum absolute atomic E-state index is 14.3. The Balaban J connectivity index is 1.18. The molecular weight excluding hydrogens is 1380 g/mol. The number of carbonyl (C=O) groups is 14. The topological polar surface area (TPSA) is 562 Å². The van der Waals surface area contributed by atoms with Crippen molar-refractivity contribution in [2.75, 3.05) is 122 Å². The monoisotopic (exact) mass is 1470 g/mol. The van der Waals surface area contributed by atoms with Crippen molar-refractivity contribution in [3.05, 3.63) is 71.3 Å². The third kappa shape index (κ3) is 27.9. The molecule has 18 N–H and O–H groups in total. The molecule has 0 heterocycles. The average Bonchev–Trinajstić information content (AvgIpc) is 1.64. The Morgan fingerprint density at radius 1 is 0.514 bits per heavy atom. The number of carbonyl (C=O) groups excluding carboxylic acids is 8. The molecule has 36 nitrogen and oxygen atoms in total. The van der Waals surface area contributed by atoms with Gasteiger partial charge in [0.1, 0.15) is 18.2 Å². The molecule has 0 aliphatic heterocycles. The summed E-state index contributed by atoms with van der Waals surface area (Å²) < 4.78 is 0. The molecule has 0 saturated heterocycles. The van der Waals surface area contributed by atoms with E-state index in [1.54, 1.807) is 24.3 Å². The van der Waals surface area contributed by atoms with Gasteiger partial charge in [-0.2, -0.15) is 0 Å². The van der Waals surface area contributed by atoms with Crippen LogP contribution in [0.4, 0.5) is 11.4 Å². The fraction of sp³-hybridized carbons (Fsp3) is 0.580. The van der Waals surface area contributed by atoms with Crippen LogP contribution in [0.25, 0.3) is 0 Å². The number of nitrogens with one attached hydrogen (secondary N) is 3. The third-order valence-electron chi connectivity index (χ3n) is 19.7. The Morgan fingerprint density at radius 2 is 0.971 bits per heavy atom. The first-order valence-electron chi connectivity index (χ1n) is 34.6. The van der Waals surface area contributed by atoms with Crippen LogP contribution in [-0.2, 0) is 84.8 Å². The number of aliphatic hydroxyl groups is 1. The SMILES string of the molecule is CC(=O)C1(O)CCC2C3CCC4=C/C(=N\OCCC(=O)NC(CCC(=O)Nc5ccc(CC(CN(CCN(CC(N)=O)CC(=O)O)CC(=O)O)N(CC(N)=O)CC(=O)O)cc5)C(=O)Nc5ccc(CC(CN(CCN(CC(N)=O)CC(=O)O)CC(=O)O)N(CC(N)=O)CC(=O)O)cc5)CCC4C3CCC21. The van der Waals surface area contributed by atoms with Gasteiger partial charge in [-0.1, -0.05) is 35.0 Å². The van der Waals surface area contributed by atoms with Crippen LogP contribution in [-0.4, -0.2) is 289 Å². The first-order chi connectivity index (χ1) is 49.6. The molecule has 9 atom stereocenters. The van der Waals surface area contributed by atoms with Crippen molar-refractivity contribution in [1.82, 2.24) is 34.7 Å². The number of rotatable bonds is 48. The van der Waals surface area contributed by atoms with E-state index in [0.29, 0.717) is 47.6 Å². The number of primary amides is 4. The van der Waals surface area contributed by atoms with Gasteiger partial charge in [-0.25, -0.2) is 0 Å². The Hall–Kier alpha value is -9.85. The molecule has 0 aromatic heterocycles. The Bertz CT molecular complexity index is 3460. The number of fused-ring (bicyclic) bond motifs is 5. The number of Topliss-reactive ketones (excluding diaryl/α,β-unsaturated/α-hetero) is 1. The molecule has 576 valence electrons. The van der Waals surface area contributed by atoms with Crippen LogP contribution in [0.3, 0.4) is 0 Å². The van der Waals surface area contributed by atoms with Crippen LogP contribution in [0.1, 0.15) is 88.7 Å². The zero-order valence-electron chi connectivity index (χ0n) is 58.7. The molecule has 3 saturated carbocycles. The predicted molar refractivity (Wildman–Crippen MR) is 374 cm³/mol. The van der Waals surface area contributed by atoms with E-state index in [1.165, 1.54) is 66.2 Å². The second-order valence-electron chi connectivity index (χ2n) is 27.5. The Morgan fingerprint density at radius 3 is 1.43 bits per heavy atom. The van der Waals surface area contributed by atoms with Crippen LogP contribution in [0.2, 0.25) is 0 Å². The van der Waals surface area contributed by atoms with Crippen molar-refractivity contribution >= 4 is 100 Å².